The van der Waals surface area contributed by atoms with Crippen molar-refractivity contribution in [1.82, 2.24) is 5.32 Å². The van der Waals surface area contributed by atoms with Crippen LogP contribution in [0, 0.1) is 26.2 Å². The molecule has 18 heavy (non-hydrogen) atoms. The summed E-state index contributed by atoms with van der Waals surface area (Å²) in [5, 5.41) is 7.01. The molecule has 0 amide bonds. The molecule has 1 fully saturated rings. The van der Waals surface area contributed by atoms with Gasteiger partial charge in [-0.05, 0) is 63.4 Å². The summed E-state index contributed by atoms with van der Waals surface area (Å²) in [5.74, 6) is 0. The van der Waals surface area contributed by atoms with Gasteiger partial charge in [-0.25, -0.2) is 0 Å². The number of rotatable bonds is 5. The van der Waals surface area contributed by atoms with Crippen LogP contribution in [0.5, 0.6) is 0 Å². The molecule has 0 spiro atoms. The van der Waals surface area contributed by atoms with Gasteiger partial charge in [-0.15, -0.1) is 0 Å². The van der Waals surface area contributed by atoms with Gasteiger partial charge in [0.2, 0.25) is 0 Å². The van der Waals surface area contributed by atoms with Crippen molar-refractivity contribution in [3.63, 3.8) is 0 Å². The van der Waals surface area contributed by atoms with Gasteiger partial charge in [0.15, 0.2) is 0 Å². The van der Waals surface area contributed by atoms with Crippen molar-refractivity contribution in [3.8, 4) is 0 Å². The van der Waals surface area contributed by atoms with Crippen LogP contribution in [0.15, 0.2) is 12.1 Å². The topological polar surface area (TPSA) is 24.1 Å². The highest BCUT2D eigenvalue weighted by atomic mass is 14.9. The fraction of sp³-hybridized carbons (Fsp3) is 0.625. The van der Waals surface area contributed by atoms with Crippen LogP contribution in [0.4, 0.5) is 5.69 Å². The molecular weight excluding hydrogens is 220 g/mol. The van der Waals surface area contributed by atoms with Crippen LogP contribution >= 0.6 is 0 Å². The van der Waals surface area contributed by atoms with Gasteiger partial charge in [0.1, 0.15) is 0 Å². The third kappa shape index (κ3) is 2.69. The van der Waals surface area contributed by atoms with E-state index in [1.54, 1.807) is 0 Å². The summed E-state index contributed by atoms with van der Waals surface area (Å²) in [6.45, 7) is 8.79. The molecule has 1 aromatic rings. The van der Waals surface area contributed by atoms with E-state index >= 15 is 0 Å². The zero-order valence-corrected chi connectivity index (χ0v) is 12.2. The van der Waals surface area contributed by atoms with Gasteiger partial charge in [-0.2, -0.15) is 0 Å². The van der Waals surface area contributed by atoms with Crippen LogP contribution in [0.1, 0.15) is 36.0 Å². The van der Waals surface area contributed by atoms with Crippen LogP contribution in [0.25, 0.3) is 0 Å². The third-order valence-electron chi connectivity index (χ3n) is 4.46. The molecule has 1 aliphatic rings. The fourth-order valence-corrected chi connectivity index (χ4v) is 2.90. The average molecular weight is 246 g/mol. The van der Waals surface area contributed by atoms with Crippen molar-refractivity contribution < 1.29 is 0 Å². The predicted octanol–water partition coefficient (Wildman–Crippen LogP) is 3.41. The third-order valence-corrected chi connectivity index (χ3v) is 4.46. The lowest BCUT2D eigenvalue weighted by molar-refractivity contribution is 0.151. The first kappa shape index (κ1) is 13.4. The van der Waals surface area contributed by atoms with E-state index in [0.717, 1.165) is 13.1 Å². The van der Waals surface area contributed by atoms with Gasteiger partial charge in [-0.3, -0.25) is 0 Å². The van der Waals surface area contributed by atoms with Gasteiger partial charge in [-0.1, -0.05) is 12.5 Å². The molecule has 2 heteroatoms. The summed E-state index contributed by atoms with van der Waals surface area (Å²) < 4.78 is 0. The molecule has 2 rings (SSSR count). The molecule has 0 aliphatic heterocycles. The summed E-state index contributed by atoms with van der Waals surface area (Å²) in [4.78, 5) is 0. The lowest BCUT2D eigenvalue weighted by Gasteiger charge is -2.42. The smallest absolute Gasteiger partial charge is 0.0372 e. The number of hydrogen-bond donors (Lipinski definition) is 2. The van der Waals surface area contributed by atoms with Crippen LogP contribution < -0.4 is 10.6 Å². The van der Waals surface area contributed by atoms with Crippen LogP contribution in [0.2, 0.25) is 0 Å². The van der Waals surface area contributed by atoms with E-state index in [2.05, 4.69) is 50.6 Å². The van der Waals surface area contributed by atoms with Gasteiger partial charge < -0.3 is 10.6 Å². The Morgan fingerprint density at radius 2 is 1.67 bits per heavy atom. The minimum Gasteiger partial charge on any atom is -0.384 e. The Balaban J connectivity index is 2.03. The van der Waals surface area contributed by atoms with Crippen LogP contribution in [-0.4, -0.2) is 20.1 Å². The molecule has 2 N–H and O–H groups in total. The largest absolute Gasteiger partial charge is 0.384 e. The Morgan fingerprint density at radius 3 is 2.22 bits per heavy atom. The van der Waals surface area contributed by atoms with E-state index in [4.69, 9.17) is 0 Å². The molecule has 1 aliphatic carbocycles. The average Bonchev–Trinajstić information content (AvgIpc) is 2.28. The summed E-state index contributed by atoms with van der Waals surface area (Å²) in [5.41, 5.74) is 5.91. The van der Waals surface area contributed by atoms with Crippen molar-refractivity contribution in [2.75, 3.05) is 25.5 Å². The molecule has 1 saturated carbocycles. The molecule has 100 valence electrons. The molecular formula is C16H26N2. The minimum absolute atomic E-state index is 0.486. The van der Waals surface area contributed by atoms with Crippen molar-refractivity contribution >= 4 is 5.69 Å². The highest BCUT2D eigenvalue weighted by Crippen LogP contribution is 2.40. The van der Waals surface area contributed by atoms with E-state index in [9.17, 15) is 0 Å². The van der Waals surface area contributed by atoms with Gasteiger partial charge in [0, 0.05) is 24.2 Å². The van der Waals surface area contributed by atoms with E-state index in [1.165, 1.54) is 41.6 Å². The first-order chi connectivity index (χ1) is 8.56. The summed E-state index contributed by atoms with van der Waals surface area (Å²) in [7, 11) is 2.06. The number of benzene rings is 1. The quantitative estimate of drug-likeness (QED) is 0.832. The zero-order valence-electron chi connectivity index (χ0n) is 12.2. The normalized spacial score (nSPS) is 17.3. The molecule has 0 heterocycles. The van der Waals surface area contributed by atoms with Gasteiger partial charge >= 0.3 is 0 Å². The summed E-state index contributed by atoms with van der Waals surface area (Å²) >= 11 is 0. The van der Waals surface area contributed by atoms with E-state index in [-0.39, 0.29) is 0 Å². The molecule has 0 saturated heterocycles. The van der Waals surface area contributed by atoms with Crippen molar-refractivity contribution in [3.05, 3.63) is 28.8 Å². The standard InChI is InChI=1S/C16H26N2/c1-12-8-14(3)15(9-13(12)2)18-11-16(10-17-4)6-5-7-16/h8-9,17-18H,5-7,10-11H2,1-4H3. The number of anilines is 1. The Labute approximate surface area is 111 Å². The summed E-state index contributed by atoms with van der Waals surface area (Å²) in [6.07, 6.45) is 4.09. The van der Waals surface area contributed by atoms with E-state index in [1.807, 2.05) is 0 Å². The molecule has 0 unspecified atom stereocenters. The Kier molecular flexibility index (Phi) is 3.96. The van der Waals surface area contributed by atoms with Crippen molar-refractivity contribution in [2.24, 2.45) is 5.41 Å². The van der Waals surface area contributed by atoms with Crippen LogP contribution in [-0.2, 0) is 0 Å². The van der Waals surface area contributed by atoms with Crippen LogP contribution in [0.3, 0.4) is 0 Å². The van der Waals surface area contributed by atoms with E-state index < -0.39 is 0 Å². The lowest BCUT2D eigenvalue weighted by atomic mass is 9.68. The lowest BCUT2D eigenvalue weighted by Crippen LogP contribution is -2.44. The Morgan fingerprint density at radius 1 is 1.00 bits per heavy atom. The number of aryl methyl sites for hydroxylation is 3. The molecule has 0 aromatic heterocycles. The number of nitrogens with one attached hydrogen (secondary N) is 2. The number of hydrogen-bond acceptors (Lipinski definition) is 2. The maximum Gasteiger partial charge on any atom is 0.0372 e. The highest BCUT2D eigenvalue weighted by Gasteiger charge is 2.35. The fourth-order valence-electron chi connectivity index (χ4n) is 2.90. The van der Waals surface area contributed by atoms with Crippen molar-refractivity contribution in [2.45, 2.75) is 40.0 Å². The summed E-state index contributed by atoms with van der Waals surface area (Å²) in [6, 6.07) is 4.57. The predicted molar refractivity (Wildman–Crippen MR) is 79.4 cm³/mol. The van der Waals surface area contributed by atoms with E-state index in [0.29, 0.717) is 5.41 Å². The molecule has 2 nitrogen and oxygen atoms in total. The molecule has 1 aromatic carbocycles. The highest BCUT2D eigenvalue weighted by molar-refractivity contribution is 5.54. The monoisotopic (exact) mass is 246 g/mol. The molecule has 0 radical (unpaired) electrons. The Bertz CT molecular complexity index is 419. The van der Waals surface area contributed by atoms with Gasteiger partial charge in [0.05, 0.1) is 0 Å². The van der Waals surface area contributed by atoms with Crippen molar-refractivity contribution in [1.29, 1.82) is 0 Å². The van der Waals surface area contributed by atoms with Gasteiger partial charge in [0.25, 0.3) is 0 Å². The molecule has 0 bridgehead atoms. The second kappa shape index (κ2) is 5.31. The second-order valence-corrected chi connectivity index (χ2v) is 5.99. The first-order valence-corrected chi connectivity index (χ1v) is 7.03. The SMILES string of the molecule is CNCC1(CNc2cc(C)c(C)cc2C)CCC1. The zero-order chi connectivity index (χ0) is 13.2. The maximum atomic E-state index is 3.67. The molecule has 0 atom stereocenters. The maximum absolute atomic E-state index is 3.67. The minimum atomic E-state index is 0.486. The Hall–Kier alpha value is -1.02. The first-order valence-electron chi connectivity index (χ1n) is 7.03. The second-order valence-electron chi connectivity index (χ2n) is 5.99.